The van der Waals surface area contributed by atoms with Crippen LogP contribution < -0.4 is 15.2 Å². The molecule has 2 N–H and O–H groups in total. The van der Waals surface area contributed by atoms with E-state index in [1.807, 2.05) is 6.92 Å². The first-order valence-corrected chi connectivity index (χ1v) is 6.15. The summed E-state index contributed by atoms with van der Waals surface area (Å²) in [5.41, 5.74) is 5.49. The van der Waals surface area contributed by atoms with Crippen molar-refractivity contribution in [3.05, 3.63) is 17.7 Å². The maximum absolute atomic E-state index is 7.50. The maximum Gasteiger partial charge on any atom is 0.132 e. The fourth-order valence-electron chi connectivity index (χ4n) is 1.33. The van der Waals surface area contributed by atoms with Crippen LogP contribution in [0.1, 0.15) is 29.9 Å². The van der Waals surface area contributed by atoms with E-state index >= 15 is 0 Å². The standard InChI is InChI=1S/C13H21NO2S/c1-4-7-17-13-9-11(15-2)10(5-6-14)8-12(13)16-3/h8-9H,4-7,14H2,1-3H3/i2D3,3D3,6D2. The van der Waals surface area contributed by atoms with E-state index in [0.29, 0.717) is 10.6 Å². The molecule has 0 aliphatic rings. The summed E-state index contributed by atoms with van der Waals surface area (Å²) in [6.07, 6.45) is 0.439. The van der Waals surface area contributed by atoms with Crippen LogP contribution in [0.4, 0.5) is 0 Å². The van der Waals surface area contributed by atoms with Crippen molar-refractivity contribution >= 4 is 11.8 Å². The van der Waals surface area contributed by atoms with Crippen LogP contribution in [0.5, 0.6) is 11.5 Å². The molecule has 0 unspecified atom stereocenters. The summed E-state index contributed by atoms with van der Waals surface area (Å²) < 4.78 is 68.6. The van der Waals surface area contributed by atoms with Crippen LogP contribution in [-0.4, -0.2) is 26.3 Å². The molecule has 3 nitrogen and oxygen atoms in total. The summed E-state index contributed by atoms with van der Waals surface area (Å²) >= 11 is 1.29. The Labute approximate surface area is 119 Å². The van der Waals surface area contributed by atoms with Crippen LogP contribution >= 0.6 is 11.8 Å². The number of hydrogen-bond acceptors (Lipinski definition) is 4. The third-order valence-corrected chi connectivity index (χ3v) is 3.34. The Balaban J connectivity index is 3.41. The largest absolute Gasteiger partial charge is 0.496 e. The molecule has 0 bridgehead atoms. The van der Waals surface area contributed by atoms with Crippen molar-refractivity contribution in [3.8, 4) is 11.5 Å². The van der Waals surface area contributed by atoms with Crippen molar-refractivity contribution < 1.29 is 20.4 Å². The van der Waals surface area contributed by atoms with Gasteiger partial charge in [0.1, 0.15) is 11.5 Å². The summed E-state index contributed by atoms with van der Waals surface area (Å²) in [4.78, 5) is 0.401. The molecule has 0 amide bonds. The van der Waals surface area contributed by atoms with Gasteiger partial charge in [0.25, 0.3) is 0 Å². The molecule has 0 radical (unpaired) electrons. The molecule has 0 aliphatic carbocycles. The van der Waals surface area contributed by atoms with E-state index in [9.17, 15) is 0 Å². The average molecular weight is 263 g/mol. The third kappa shape index (κ3) is 3.82. The summed E-state index contributed by atoms with van der Waals surface area (Å²) in [5, 5.41) is 0. The summed E-state index contributed by atoms with van der Waals surface area (Å²) in [6, 6.07) is 2.63. The van der Waals surface area contributed by atoms with Crippen LogP contribution in [0, 0.1) is 0 Å². The van der Waals surface area contributed by atoms with Gasteiger partial charge in [0.05, 0.1) is 27.2 Å². The van der Waals surface area contributed by atoms with Crippen molar-refractivity contribution in [2.75, 3.05) is 26.3 Å². The quantitative estimate of drug-likeness (QED) is 0.768. The molecule has 96 valence electrons. The molecule has 1 aromatic carbocycles. The second kappa shape index (κ2) is 7.45. The van der Waals surface area contributed by atoms with Gasteiger partial charge in [-0.15, -0.1) is 11.8 Å². The fourth-order valence-corrected chi connectivity index (χ4v) is 2.19. The molecule has 0 saturated carbocycles. The van der Waals surface area contributed by atoms with Gasteiger partial charge in [-0.05, 0) is 42.8 Å². The van der Waals surface area contributed by atoms with Gasteiger partial charge in [-0.25, -0.2) is 0 Å². The zero-order valence-corrected chi connectivity index (χ0v) is 10.4. The van der Waals surface area contributed by atoms with Crippen molar-refractivity contribution in [1.29, 1.82) is 0 Å². The van der Waals surface area contributed by atoms with Crippen molar-refractivity contribution in [2.45, 2.75) is 24.7 Å². The molecule has 0 aromatic heterocycles. The Morgan fingerprint density at radius 1 is 1.35 bits per heavy atom. The minimum atomic E-state index is -2.74. The SMILES string of the molecule is [2H]C([2H])(N)Cc1cc(OC([2H])([2H])[2H])c(SCCC)cc1OC([2H])([2H])[2H]. The van der Waals surface area contributed by atoms with E-state index < -0.39 is 20.6 Å². The van der Waals surface area contributed by atoms with E-state index in [1.165, 1.54) is 23.9 Å². The van der Waals surface area contributed by atoms with Gasteiger partial charge in [0.2, 0.25) is 0 Å². The predicted molar refractivity (Wildman–Crippen MR) is 73.3 cm³/mol. The Morgan fingerprint density at radius 3 is 2.76 bits per heavy atom. The van der Waals surface area contributed by atoms with Gasteiger partial charge in [-0.3, -0.25) is 0 Å². The first-order valence-electron chi connectivity index (χ1n) is 9.17. The minimum Gasteiger partial charge on any atom is -0.496 e. The summed E-state index contributed by atoms with van der Waals surface area (Å²) in [6.45, 7) is -0.198. The van der Waals surface area contributed by atoms with Gasteiger partial charge in [-0.1, -0.05) is 6.92 Å². The number of ether oxygens (including phenoxy) is 2. The number of hydrogen-bond donors (Lipinski definition) is 1. The predicted octanol–water partition coefficient (Wildman–Crippen LogP) is 2.71. The molecular formula is C13H21NO2S. The second-order valence-corrected chi connectivity index (χ2v) is 4.48. The van der Waals surface area contributed by atoms with Gasteiger partial charge < -0.3 is 15.2 Å². The number of aryl methyl sites for hydroxylation is 1. The Kier molecular flexibility index (Phi) is 2.78. The van der Waals surface area contributed by atoms with Crippen molar-refractivity contribution in [1.82, 2.24) is 0 Å². The van der Waals surface area contributed by atoms with Crippen molar-refractivity contribution in [3.63, 3.8) is 0 Å². The molecule has 0 spiro atoms. The third-order valence-electron chi connectivity index (χ3n) is 2.10. The molecule has 0 saturated heterocycles. The molecule has 1 aromatic rings. The molecule has 0 fully saturated rings. The van der Waals surface area contributed by atoms with Crippen LogP contribution in [0.2, 0.25) is 0 Å². The molecule has 1 rings (SSSR count). The summed E-state index contributed by atoms with van der Waals surface area (Å²) in [7, 11) is -5.44. The number of benzene rings is 1. The molecule has 0 aliphatic heterocycles. The monoisotopic (exact) mass is 263 g/mol. The molecule has 0 heterocycles. The van der Waals surface area contributed by atoms with Gasteiger partial charge in [0.15, 0.2) is 0 Å². The molecule has 17 heavy (non-hydrogen) atoms. The number of rotatable bonds is 7. The average Bonchev–Trinajstić information content (AvgIpc) is 2.35. The molecular weight excluding hydrogens is 234 g/mol. The van der Waals surface area contributed by atoms with Crippen LogP contribution in [-0.2, 0) is 6.42 Å². The lowest BCUT2D eigenvalue weighted by atomic mass is 10.1. The Hall–Kier alpha value is -0.870. The topological polar surface area (TPSA) is 44.5 Å². The minimum absolute atomic E-state index is 0.00981. The van der Waals surface area contributed by atoms with E-state index in [1.54, 1.807) is 0 Å². The highest BCUT2D eigenvalue weighted by Gasteiger charge is 2.10. The first-order chi connectivity index (χ1) is 11.2. The fraction of sp³-hybridized carbons (Fsp3) is 0.538. The lowest BCUT2D eigenvalue weighted by Crippen LogP contribution is -2.05. The highest BCUT2D eigenvalue weighted by molar-refractivity contribution is 7.99. The number of methoxy groups -OCH3 is 2. The lowest BCUT2D eigenvalue weighted by Gasteiger charge is -2.14. The highest BCUT2D eigenvalue weighted by atomic mass is 32.2. The number of thioether (sulfide) groups is 1. The van der Waals surface area contributed by atoms with E-state index in [2.05, 4.69) is 0 Å². The maximum atomic E-state index is 7.50. The Bertz CT molecular complexity index is 583. The first kappa shape index (κ1) is 6.34. The smallest absolute Gasteiger partial charge is 0.132 e. The van der Waals surface area contributed by atoms with Crippen LogP contribution in [0.15, 0.2) is 17.0 Å². The van der Waals surface area contributed by atoms with Gasteiger partial charge in [0, 0.05) is 2.74 Å². The van der Waals surface area contributed by atoms with Crippen molar-refractivity contribution in [2.24, 2.45) is 5.73 Å². The highest BCUT2D eigenvalue weighted by Crippen LogP contribution is 2.36. The zero-order valence-electron chi connectivity index (χ0n) is 17.6. The van der Waals surface area contributed by atoms with Gasteiger partial charge >= 0.3 is 0 Å². The normalized spacial score (nSPS) is 19.6. The van der Waals surface area contributed by atoms with E-state index in [4.69, 9.17) is 26.2 Å². The van der Waals surface area contributed by atoms with E-state index in [0.717, 1.165) is 6.42 Å². The summed E-state index contributed by atoms with van der Waals surface area (Å²) in [5.74, 6) is 0.586. The van der Waals surface area contributed by atoms with Crippen LogP contribution in [0.3, 0.4) is 0 Å². The lowest BCUT2D eigenvalue weighted by molar-refractivity contribution is 0.390. The zero-order chi connectivity index (χ0) is 19.5. The molecule has 0 atom stereocenters. The molecule has 4 heteroatoms. The van der Waals surface area contributed by atoms with Crippen LogP contribution in [0.25, 0.3) is 0 Å². The van der Waals surface area contributed by atoms with Gasteiger partial charge in [-0.2, -0.15) is 0 Å². The Morgan fingerprint density at radius 2 is 2.12 bits per heavy atom. The van der Waals surface area contributed by atoms with E-state index in [-0.39, 0.29) is 23.5 Å². The second-order valence-electron chi connectivity index (χ2n) is 3.34. The number of nitrogens with two attached hydrogens (primary N) is 1.